The first-order chi connectivity index (χ1) is 16.4. The molecule has 1 unspecified atom stereocenters. The van der Waals surface area contributed by atoms with Crippen molar-refractivity contribution >= 4 is 33.4 Å². The minimum absolute atomic E-state index is 0.121. The highest BCUT2D eigenvalue weighted by Crippen LogP contribution is 2.39. The summed E-state index contributed by atoms with van der Waals surface area (Å²) < 4.78 is 18.2. The minimum atomic E-state index is -0.302. The second kappa shape index (κ2) is 9.72. The van der Waals surface area contributed by atoms with Gasteiger partial charge >= 0.3 is 0 Å². The predicted molar refractivity (Wildman–Crippen MR) is 132 cm³/mol. The molecule has 0 N–H and O–H groups in total. The summed E-state index contributed by atoms with van der Waals surface area (Å²) in [6, 6.07) is 9.02. The number of aromatic nitrogens is 2. The van der Waals surface area contributed by atoms with Gasteiger partial charge in [0.05, 0.1) is 18.2 Å². The van der Waals surface area contributed by atoms with Crippen LogP contribution in [0.25, 0.3) is 0 Å². The summed E-state index contributed by atoms with van der Waals surface area (Å²) in [7, 11) is 1.96. The van der Waals surface area contributed by atoms with E-state index in [0.717, 1.165) is 33.3 Å². The van der Waals surface area contributed by atoms with Crippen LogP contribution in [-0.4, -0.2) is 46.9 Å². The number of hydrogen-bond donors (Lipinski definition) is 0. The van der Waals surface area contributed by atoms with Crippen molar-refractivity contribution in [3.8, 4) is 0 Å². The zero-order valence-electron chi connectivity index (χ0n) is 19.0. The molecule has 3 heterocycles. The molecule has 3 aromatic rings. The fraction of sp³-hybridized carbons (Fsp3) is 0.346. The number of fused-ring (bicyclic) bond motifs is 2. The second-order valence-electron chi connectivity index (χ2n) is 9.03. The van der Waals surface area contributed by atoms with Crippen LogP contribution in [0.5, 0.6) is 0 Å². The van der Waals surface area contributed by atoms with Gasteiger partial charge in [-0.05, 0) is 63.7 Å². The maximum absolute atomic E-state index is 15.4. The van der Waals surface area contributed by atoms with E-state index in [1.807, 2.05) is 47.1 Å². The molecule has 1 fully saturated rings. The van der Waals surface area contributed by atoms with E-state index in [1.165, 1.54) is 6.07 Å². The Labute approximate surface area is 212 Å². The number of piperazine rings is 1. The Balaban J connectivity index is 1.40. The average molecular weight is 545 g/mol. The van der Waals surface area contributed by atoms with Crippen LogP contribution in [-0.2, 0) is 31.1 Å². The normalized spacial score (nSPS) is 18.2. The largest absolute Gasteiger partial charge is 0.340 e. The van der Waals surface area contributed by atoms with E-state index >= 15 is 4.39 Å². The Hall–Kier alpha value is -2.35. The zero-order valence-corrected chi connectivity index (χ0v) is 21.3. The zero-order chi connectivity index (χ0) is 23.8. The van der Waals surface area contributed by atoms with Crippen LogP contribution in [0.3, 0.4) is 0 Å². The molecule has 1 aliphatic heterocycles. The Morgan fingerprint density at radius 3 is 2.59 bits per heavy atom. The molecule has 1 atom stereocenters. The lowest BCUT2D eigenvalue weighted by Crippen LogP contribution is -2.50. The molecule has 0 spiro atoms. The lowest BCUT2D eigenvalue weighted by Gasteiger charge is -2.40. The molecule has 0 bridgehead atoms. The molecule has 0 radical (unpaired) electrons. The van der Waals surface area contributed by atoms with E-state index in [9.17, 15) is 4.79 Å². The van der Waals surface area contributed by atoms with Gasteiger partial charge in [0, 0.05) is 59.6 Å². The van der Waals surface area contributed by atoms with Crippen molar-refractivity contribution in [1.29, 1.82) is 0 Å². The van der Waals surface area contributed by atoms with Gasteiger partial charge in [-0.15, -0.1) is 0 Å². The molecule has 1 saturated heterocycles. The number of hydrogen-bond acceptors (Lipinski definition) is 3. The van der Waals surface area contributed by atoms with Crippen LogP contribution < -0.4 is 4.57 Å². The Bertz CT molecular complexity index is 1230. The molecule has 2 aliphatic rings. The number of amides is 1. The molecule has 5 rings (SSSR count). The molecule has 1 aromatic carbocycles. The third-order valence-corrected chi connectivity index (χ3v) is 7.43. The molecule has 176 valence electrons. The summed E-state index contributed by atoms with van der Waals surface area (Å²) in [6.07, 6.45) is 7.56. The smallest absolute Gasteiger partial charge is 0.227 e. The standard InChI is InChI=1S/C26H26BrClFN4O/c1-31-6-4-17(5-7-31)12-23(34)32-8-10-33(11-9-32)26-24-18(14-21(28)15-22(24)29)2-3-19-13-20(27)16-30-25(19)26/h4-7,13-16,26H,2-3,8-12H2,1H3/q+1. The van der Waals surface area contributed by atoms with Gasteiger partial charge in [0.1, 0.15) is 12.9 Å². The van der Waals surface area contributed by atoms with Crippen LogP contribution >= 0.6 is 27.5 Å². The first-order valence-electron chi connectivity index (χ1n) is 11.5. The topological polar surface area (TPSA) is 40.3 Å². The Kier molecular flexibility index (Phi) is 6.69. The van der Waals surface area contributed by atoms with Crippen molar-refractivity contribution in [1.82, 2.24) is 14.8 Å². The second-order valence-corrected chi connectivity index (χ2v) is 10.4. The summed E-state index contributed by atoms with van der Waals surface area (Å²) in [4.78, 5) is 21.8. The Morgan fingerprint density at radius 1 is 1.15 bits per heavy atom. The molecule has 1 amide bonds. The summed E-state index contributed by atoms with van der Waals surface area (Å²) in [5, 5.41) is 0.417. The third-order valence-electron chi connectivity index (χ3n) is 6.78. The molecule has 8 heteroatoms. The molecular weight excluding hydrogens is 519 g/mol. The van der Waals surface area contributed by atoms with Crippen molar-refractivity contribution in [2.45, 2.75) is 25.3 Å². The third kappa shape index (κ3) is 4.74. The SMILES string of the molecule is C[n+]1ccc(CC(=O)N2CCN(C3c4ncc(Br)cc4CCc4cc(Cl)cc(F)c43)CC2)cc1. The van der Waals surface area contributed by atoms with E-state index in [0.29, 0.717) is 49.6 Å². The number of carbonyl (C=O) groups excluding carboxylic acids is 1. The van der Waals surface area contributed by atoms with E-state index in [4.69, 9.17) is 16.6 Å². The predicted octanol–water partition coefficient (Wildman–Crippen LogP) is 4.04. The maximum Gasteiger partial charge on any atom is 0.227 e. The molecule has 2 aromatic heterocycles. The Morgan fingerprint density at radius 2 is 1.85 bits per heavy atom. The lowest BCUT2D eigenvalue weighted by molar-refractivity contribution is -0.671. The van der Waals surface area contributed by atoms with Gasteiger partial charge in [0.15, 0.2) is 12.4 Å². The molecule has 0 saturated carbocycles. The van der Waals surface area contributed by atoms with Gasteiger partial charge < -0.3 is 4.90 Å². The highest BCUT2D eigenvalue weighted by atomic mass is 79.9. The van der Waals surface area contributed by atoms with Gasteiger partial charge in [0.2, 0.25) is 5.91 Å². The molecule has 34 heavy (non-hydrogen) atoms. The maximum atomic E-state index is 15.4. The van der Waals surface area contributed by atoms with Gasteiger partial charge in [-0.3, -0.25) is 14.7 Å². The highest BCUT2D eigenvalue weighted by Gasteiger charge is 2.35. The first-order valence-corrected chi connectivity index (χ1v) is 12.6. The monoisotopic (exact) mass is 543 g/mol. The van der Waals surface area contributed by atoms with Crippen molar-refractivity contribution in [2.75, 3.05) is 26.2 Å². The number of pyridine rings is 2. The quantitative estimate of drug-likeness (QED) is 0.468. The average Bonchev–Trinajstić information content (AvgIpc) is 2.97. The van der Waals surface area contributed by atoms with E-state index in [1.54, 1.807) is 6.20 Å². The van der Waals surface area contributed by atoms with Crippen LogP contribution in [0, 0.1) is 5.82 Å². The van der Waals surface area contributed by atoms with Gasteiger partial charge in [-0.1, -0.05) is 11.6 Å². The number of benzene rings is 1. The van der Waals surface area contributed by atoms with E-state index in [2.05, 4.69) is 26.9 Å². The number of halogens is 3. The van der Waals surface area contributed by atoms with E-state index < -0.39 is 0 Å². The van der Waals surface area contributed by atoms with Crippen LogP contribution in [0.15, 0.2) is 53.4 Å². The van der Waals surface area contributed by atoms with Gasteiger partial charge in [-0.25, -0.2) is 8.96 Å². The number of nitrogens with zero attached hydrogens (tertiary/aromatic N) is 4. The van der Waals surface area contributed by atoms with Crippen molar-refractivity contribution in [3.05, 3.63) is 92.2 Å². The number of rotatable bonds is 3. The van der Waals surface area contributed by atoms with Crippen LogP contribution in [0.1, 0.15) is 34.0 Å². The van der Waals surface area contributed by atoms with Crippen LogP contribution in [0.4, 0.5) is 4.39 Å². The summed E-state index contributed by atoms with van der Waals surface area (Å²) in [6.45, 7) is 2.51. The fourth-order valence-corrected chi connectivity index (χ4v) is 5.62. The van der Waals surface area contributed by atoms with E-state index in [-0.39, 0.29) is 17.8 Å². The molecule has 1 aliphatic carbocycles. The highest BCUT2D eigenvalue weighted by molar-refractivity contribution is 9.10. The molecular formula is C26H26BrClFN4O+. The fourth-order valence-electron chi connectivity index (χ4n) is 5.02. The number of carbonyl (C=O) groups is 1. The lowest BCUT2D eigenvalue weighted by atomic mass is 9.95. The number of aryl methyl sites for hydroxylation is 3. The van der Waals surface area contributed by atoms with Gasteiger partial charge in [0.25, 0.3) is 0 Å². The van der Waals surface area contributed by atoms with Crippen molar-refractivity contribution in [3.63, 3.8) is 0 Å². The summed E-state index contributed by atoms with van der Waals surface area (Å²) in [5.74, 6) is -0.170. The summed E-state index contributed by atoms with van der Waals surface area (Å²) in [5.41, 5.74) is 4.60. The van der Waals surface area contributed by atoms with Gasteiger partial charge in [-0.2, -0.15) is 0 Å². The first kappa shape index (κ1) is 23.4. The summed E-state index contributed by atoms with van der Waals surface area (Å²) >= 11 is 9.74. The minimum Gasteiger partial charge on any atom is -0.340 e. The van der Waals surface area contributed by atoms with Crippen molar-refractivity contribution < 1.29 is 13.8 Å². The molecule has 5 nitrogen and oxygen atoms in total. The van der Waals surface area contributed by atoms with Crippen molar-refractivity contribution in [2.24, 2.45) is 7.05 Å². The van der Waals surface area contributed by atoms with Crippen LogP contribution in [0.2, 0.25) is 5.02 Å².